The molecule has 8 heteroatoms. The van der Waals surface area contributed by atoms with Crippen molar-refractivity contribution in [2.24, 2.45) is 0 Å². The Morgan fingerprint density at radius 3 is 2.27 bits per heavy atom. The van der Waals surface area contributed by atoms with Gasteiger partial charge in [-0.3, -0.25) is 19.8 Å². The molecular weight excluding hydrogens is 404 g/mol. The second-order valence-electron chi connectivity index (χ2n) is 6.76. The highest BCUT2D eigenvalue weighted by atomic mass is 35.5. The number of benzene rings is 3. The highest BCUT2D eigenvalue weighted by Crippen LogP contribution is 2.24. The topological polar surface area (TPSA) is 95.2 Å². The molecule has 0 unspecified atom stereocenters. The van der Waals surface area contributed by atoms with Crippen LogP contribution in [-0.4, -0.2) is 32.7 Å². The van der Waals surface area contributed by atoms with Crippen LogP contribution in [0.2, 0.25) is 5.02 Å². The Morgan fingerprint density at radius 1 is 0.933 bits per heavy atom. The van der Waals surface area contributed by atoms with Gasteiger partial charge in [0, 0.05) is 16.1 Å². The number of amides is 3. The molecule has 7 nitrogen and oxygen atoms in total. The molecule has 30 heavy (non-hydrogen) atoms. The Hall–Kier alpha value is -3.97. The summed E-state index contributed by atoms with van der Waals surface area (Å²) in [7, 11) is 0. The lowest BCUT2D eigenvalue weighted by molar-refractivity contribution is 0.0518. The van der Waals surface area contributed by atoms with Crippen LogP contribution in [0, 0.1) is 0 Å². The molecule has 1 aromatic heterocycles. The third kappa shape index (κ3) is 2.92. The fourth-order valence-electron chi connectivity index (χ4n) is 3.35. The molecule has 146 valence electrons. The molecule has 5 rings (SSSR count). The molecule has 1 aliphatic rings. The van der Waals surface area contributed by atoms with Crippen LogP contribution in [0.5, 0.6) is 0 Å². The molecule has 0 fully saturated rings. The molecular formula is C22H13ClN4O3. The van der Waals surface area contributed by atoms with E-state index in [1.165, 1.54) is 0 Å². The van der Waals surface area contributed by atoms with Crippen LogP contribution in [0.15, 0.2) is 66.7 Å². The molecule has 2 N–H and O–H groups in total. The fraction of sp³-hybridized carbons (Fsp3) is 0. The van der Waals surface area contributed by atoms with Crippen molar-refractivity contribution in [2.45, 2.75) is 0 Å². The maximum Gasteiger partial charge on any atom is 0.280 e. The van der Waals surface area contributed by atoms with Gasteiger partial charge in [0.1, 0.15) is 5.82 Å². The highest BCUT2D eigenvalue weighted by Gasteiger charge is 2.36. The first kappa shape index (κ1) is 18.1. The third-order valence-electron chi connectivity index (χ3n) is 4.87. The molecule has 0 atom stereocenters. The first-order valence-electron chi connectivity index (χ1n) is 9.06. The minimum absolute atomic E-state index is 0.263. The summed E-state index contributed by atoms with van der Waals surface area (Å²) in [5.41, 5.74) is 5.39. The number of hydrazine groups is 1. The number of H-pyrrole nitrogens is 1. The van der Waals surface area contributed by atoms with E-state index in [0.29, 0.717) is 21.9 Å². The van der Waals surface area contributed by atoms with Gasteiger partial charge in [-0.2, -0.15) is 5.01 Å². The van der Waals surface area contributed by atoms with Crippen molar-refractivity contribution < 1.29 is 14.4 Å². The minimum Gasteiger partial charge on any atom is -0.338 e. The van der Waals surface area contributed by atoms with Crippen molar-refractivity contribution in [3.05, 3.63) is 88.4 Å². The van der Waals surface area contributed by atoms with Gasteiger partial charge in [-0.25, -0.2) is 4.98 Å². The number of imide groups is 1. The molecule has 3 aromatic carbocycles. The molecule has 4 aromatic rings. The summed E-state index contributed by atoms with van der Waals surface area (Å²) in [5.74, 6) is -1.05. The van der Waals surface area contributed by atoms with Gasteiger partial charge in [0.05, 0.1) is 22.2 Å². The first-order chi connectivity index (χ1) is 14.5. The van der Waals surface area contributed by atoms with E-state index in [-0.39, 0.29) is 16.7 Å². The van der Waals surface area contributed by atoms with E-state index in [2.05, 4.69) is 15.4 Å². The number of nitrogens with zero attached hydrogens (tertiary/aromatic N) is 2. The van der Waals surface area contributed by atoms with E-state index in [0.717, 1.165) is 10.6 Å². The number of carbonyl (C=O) groups excluding carboxylic acids is 3. The van der Waals surface area contributed by atoms with Crippen molar-refractivity contribution >= 4 is 40.4 Å². The Balaban J connectivity index is 1.41. The normalized spacial score (nSPS) is 13.0. The van der Waals surface area contributed by atoms with E-state index >= 15 is 0 Å². The van der Waals surface area contributed by atoms with Crippen LogP contribution < -0.4 is 5.43 Å². The molecule has 0 bridgehead atoms. The smallest absolute Gasteiger partial charge is 0.280 e. The van der Waals surface area contributed by atoms with E-state index < -0.39 is 17.7 Å². The summed E-state index contributed by atoms with van der Waals surface area (Å²) in [5, 5.41) is 1.37. The molecule has 3 amide bonds. The van der Waals surface area contributed by atoms with Crippen molar-refractivity contribution in [2.75, 3.05) is 0 Å². The quantitative estimate of drug-likeness (QED) is 0.496. The van der Waals surface area contributed by atoms with E-state index in [1.807, 2.05) is 12.1 Å². The second kappa shape index (κ2) is 6.82. The SMILES string of the molecule is O=C(NN1C(=O)c2ccccc2C1=O)c1ccc2nc(-c3ccc(Cl)cc3)[nH]c2c1. The standard InChI is InChI=1S/C22H13ClN4O3/c23-14-8-5-12(6-9-14)19-24-17-10-7-13(11-18(17)25-19)20(28)26-27-21(29)15-3-1-2-4-16(15)22(27)30/h1-11H,(H,24,25)(H,26,28). The summed E-state index contributed by atoms with van der Waals surface area (Å²) in [4.78, 5) is 45.3. The van der Waals surface area contributed by atoms with Crippen LogP contribution in [0.25, 0.3) is 22.4 Å². The van der Waals surface area contributed by atoms with Gasteiger partial charge in [0.15, 0.2) is 0 Å². The highest BCUT2D eigenvalue weighted by molar-refractivity contribution is 6.30. The summed E-state index contributed by atoms with van der Waals surface area (Å²) in [6.45, 7) is 0. The Labute approximate surface area is 175 Å². The van der Waals surface area contributed by atoms with Gasteiger partial charge < -0.3 is 4.98 Å². The molecule has 0 spiro atoms. The Kier molecular flexibility index (Phi) is 4.11. The number of rotatable bonds is 3. The number of imidazole rings is 1. The van der Waals surface area contributed by atoms with Gasteiger partial charge >= 0.3 is 0 Å². The largest absolute Gasteiger partial charge is 0.338 e. The number of halogens is 1. The lowest BCUT2D eigenvalue weighted by Crippen LogP contribution is -2.45. The monoisotopic (exact) mass is 416 g/mol. The number of aromatic nitrogens is 2. The molecule has 1 aliphatic heterocycles. The Morgan fingerprint density at radius 2 is 1.60 bits per heavy atom. The zero-order valence-electron chi connectivity index (χ0n) is 15.3. The average molecular weight is 417 g/mol. The maximum atomic E-state index is 12.7. The summed E-state index contributed by atoms with van der Waals surface area (Å²) < 4.78 is 0. The second-order valence-corrected chi connectivity index (χ2v) is 7.19. The zero-order valence-corrected chi connectivity index (χ0v) is 16.1. The van der Waals surface area contributed by atoms with Crippen LogP contribution >= 0.6 is 11.6 Å². The van der Waals surface area contributed by atoms with Crippen LogP contribution in [0.1, 0.15) is 31.1 Å². The molecule has 0 radical (unpaired) electrons. The van der Waals surface area contributed by atoms with Gasteiger partial charge in [-0.05, 0) is 54.6 Å². The predicted molar refractivity (Wildman–Crippen MR) is 111 cm³/mol. The van der Waals surface area contributed by atoms with Crippen molar-refractivity contribution in [3.63, 3.8) is 0 Å². The Bertz CT molecular complexity index is 1310. The average Bonchev–Trinajstić information content (AvgIpc) is 3.29. The lowest BCUT2D eigenvalue weighted by atomic mass is 10.1. The molecule has 0 saturated carbocycles. The number of fused-ring (bicyclic) bond motifs is 2. The van der Waals surface area contributed by atoms with Gasteiger partial charge in [0.25, 0.3) is 17.7 Å². The fourth-order valence-corrected chi connectivity index (χ4v) is 3.48. The molecule has 0 aliphatic carbocycles. The van der Waals surface area contributed by atoms with E-state index in [4.69, 9.17) is 11.6 Å². The van der Waals surface area contributed by atoms with Gasteiger partial charge in [-0.15, -0.1) is 0 Å². The number of nitrogens with one attached hydrogen (secondary N) is 2. The molecule has 2 heterocycles. The van der Waals surface area contributed by atoms with Gasteiger partial charge in [-0.1, -0.05) is 23.7 Å². The molecule has 0 saturated heterocycles. The van der Waals surface area contributed by atoms with Crippen LogP contribution in [0.4, 0.5) is 0 Å². The van der Waals surface area contributed by atoms with Crippen molar-refractivity contribution in [3.8, 4) is 11.4 Å². The van der Waals surface area contributed by atoms with Crippen LogP contribution in [0.3, 0.4) is 0 Å². The summed E-state index contributed by atoms with van der Waals surface area (Å²) in [6, 6.07) is 18.6. The predicted octanol–water partition coefficient (Wildman–Crippen LogP) is 3.82. The van der Waals surface area contributed by atoms with Crippen molar-refractivity contribution in [1.29, 1.82) is 0 Å². The summed E-state index contributed by atoms with van der Waals surface area (Å²) in [6.07, 6.45) is 0. The summed E-state index contributed by atoms with van der Waals surface area (Å²) >= 11 is 5.93. The lowest BCUT2D eigenvalue weighted by Gasteiger charge is -2.14. The van der Waals surface area contributed by atoms with Crippen molar-refractivity contribution in [1.82, 2.24) is 20.4 Å². The maximum absolute atomic E-state index is 12.7. The number of hydrogen-bond donors (Lipinski definition) is 2. The van der Waals surface area contributed by atoms with E-state index in [1.54, 1.807) is 54.6 Å². The van der Waals surface area contributed by atoms with Gasteiger partial charge in [0.2, 0.25) is 0 Å². The number of hydrogen-bond acceptors (Lipinski definition) is 4. The first-order valence-corrected chi connectivity index (χ1v) is 9.43. The zero-order chi connectivity index (χ0) is 20.8. The number of carbonyl (C=O) groups is 3. The minimum atomic E-state index is -0.575. The number of aromatic amines is 1. The third-order valence-corrected chi connectivity index (χ3v) is 5.12. The van der Waals surface area contributed by atoms with Crippen LogP contribution in [-0.2, 0) is 0 Å². The van der Waals surface area contributed by atoms with E-state index in [9.17, 15) is 14.4 Å².